The van der Waals surface area contributed by atoms with Gasteiger partial charge in [0.2, 0.25) is 0 Å². The molecule has 1 atom stereocenters. The first-order valence-corrected chi connectivity index (χ1v) is 6.00. The van der Waals surface area contributed by atoms with Crippen LogP contribution in [0.2, 0.25) is 0 Å². The number of hydrogen-bond acceptors (Lipinski definition) is 1. The van der Waals surface area contributed by atoms with E-state index >= 15 is 0 Å². The SMILES string of the molecule is CC(C)c1ccc2c(c1F)CCC2N(C)C. The summed E-state index contributed by atoms with van der Waals surface area (Å²) in [6.45, 7) is 4.09. The van der Waals surface area contributed by atoms with Gasteiger partial charge in [0.1, 0.15) is 5.82 Å². The minimum Gasteiger partial charge on any atom is -0.302 e. The summed E-state index contributed by atoms with van der Waals surface area (Å²) in [5.41, 5.74) is 3.00. The van der Waals surface area contributed by atoms with E-state index in [1.165, 1.54) is 5.56 Å². The molecule has 0 heterocycles. The molecule has 0 bridgehead atoms. The van der Waals surface area contributed by atoms with Gasteiger partial charge in [-0.2, -0.15) is 0 Å². The lowest BCUT2D eigenvalue weighted by molar-refractivity contribution is 0.299. The van der Waals surface area contributed by atoms with Gasteiger partial charge in [-0.15, -0.1) is 0 Å². The quantitative estimate of drug-likeness (QED) is 0.739. The van der Waals surface area contributed by atoms with E-state index < -0.39 is 0 Å². The zero-order valence-electron chi connectivity index (χ0n) is 10.5. The molecule has 2 rings (SSSR count). The van der Waals surface area contributed by atoms with Crippen LogP contribution < -0.4 is 0 Å². The van der Waals surface area contributed by atoms with Gasteiger partial charge in [-0.1, -0.05) is 26.0 Å². The van der Waals surface area contributed by atoms with Gasteiger partial charge in [0, 0.05) is 6.04 Å². The first-order valence-electron chi connectivity index (χ1n) is 6.00. The molecule has 1 aromatic rings. The molecule has 1 unspecified atom stereocenters. The van der Waals surface area contributed by atoms with E-state index in [9.17, 15) is 4.39 Å². The van der Waals surface area contributed by atoms with Crippen LogP contribution in [0.5, 0.6) is 0 Å². The normalized spacial score (nSPS) is 19.6. The van der Waals surface area contributed by atoms with Crippen molar-refractivity contribution in [1.29, 1.82) is 0 Å². The fourth-order valence-corrected chi connectivity index (χ4v) is 2.64. The molecule has 0 amide bonds. The molecule has 0 radical (unpaired) electrons. The second-order valence-electron chi connectivity index (χ2n) is 5.21. The van der Waals surface area contributed by atoms with Gasteiger partial charge in [-0.25, -0.2) is 4.39 Å². The molecule has 1 aromatic carbocycles. The molecular formula is C14H20FN. The largest absolute Gasteiger partial charge is 0.302 e. The highest BCUT2D eigenvalue weighted by atomic mass is 19.1. The molecule has 0 saturated carbocycles. The lowest BCUT2D eigenvalue weighted by atomic mass is 9.97. The van der Waals surface area contributed by atoms with Crippen LogP contribution in [0.25, 0.3) is 0 Å². The van der Waals surface area contributed by atoms with E-state index in [2.05, 4.69) is 25.1 Å². The summed E-state index contributed by atoms with van der Waals surface area (Å²) in [6, 6.07) is 4.47. The lowest BCUT2D eigenvalue weighted by Gasteiger charge is -2.20. The fourth-order valence-electron chi connectivity index (χ4n) is 2.64. The van der Waals surface area contributed by atoms with Crippen LogP contribution in [0.15, 0.2) is 12.1 Å². The molecule has 88 valence electrons. The number of benzene rings is 1. The summed E-state index contributed by atoms with van der Waals surface area (Å²) >= 11 is 0. The fraction of sp³-hybridized carbons (Fsp3) is 0.571. The average Bonchev–Trinajstić information content (AvgIpc) is 2.61. The van der Waals surface area contributed by atoms with Crippen molar-refractivity contribution < 1.29 is 4.39 Å². The Hall–Kier alpha value is -0.890. The third-order valence-electron chi connectivity index (χ3n) is 3.58. The van der Waals surface area contributed by atoms with Gasteiger partial charge < -0.3 is 4.90 Å². The summed E-state index contributed by atoms with van der Waals surface area (Å²) in [7, 11) is 4.13. The highest BCUT2D eigenvalue weighted by Gasteiger charge is 2.27. The molecular weight excluding hydrogens is 201 g/mol. The first kappa shape index (κ1) is 11.6. The summed E-state index contributed by atoms with van der Waals surface area (Å²) in [6.07, 6.45) is 1.92. The molecule has 2 heteroatoms. The molecule has 0 fully saturated rings. The minimum absolute atomic E-state index is 0.0388. The number of nitrogens with zero attached hydrogens (tertiary/aromatic N) is 1. The molecule has 0 N–H and O–H groups in total. The molecule has 0 aliphatic heterocycles. The zero-order chi connectivity index (χ0) is 11.9. The van der Waals surface area contributed by atoms with Crippen molar-refractivity contribution in [2.45, 2.75) is 38.6 Å². The van der Waals surface area contributed by atoms with Crippen molar-refractivity contribution in [2.75, 3.05) is 14.1 Å². The van der Waals surface area contributed by atoms with Gasteiger partial charge in [0.05, 0.1) is 0 Å². The summed E-state index contributed by atoms with van der Waals surface area (Å²) in [5.74, 6) is 0.306. The van der Waals surface area contributed by atoms with Crippen LogP contribution in [0.3, 0.4) is 0 Å². The highest BCUT2D eigenvalue weighted by molar-refractivity contribution is 5.40. The molecule has 1 nitrogen and oxygen atoms in total. The molecule has 16 heavy (non-hydrogen) atoms. The zero-order valence-corrected chi connectivity index (χ0v) is 10.5. The molecule has 1 aliphatic carbocycles. The monoisotopic (exact) mass is 221 g/mol. The van der Waals surface area contributed by atoms with E-state index in [-0.39, 0.29) is 11.7 Å². The Kier molecular flexibility index (Phi) is 3.02. The maximum Gasteiger partial charge on any atom is 0.130 e. The standard InChI is InChI=1S/C14H20FN/c1-9(2)10-5-6-11-12(14(10)15)7-8-13(11)16(3)4/h5-6,9,13H,7-8H2,1-4H3. The van der Waals surface area contributed by atoms with E-state index in [4.69, 9.17) is 0 Å². The van der Waals surface area contributed by atoms with Crippen LogP contribution >= 0.6 is 0 Å². The molecule has 0 aromatic heterocycles. The van der Waals surface area contributed by atoms with Crippen LogP contribution in [-0.2, 0) is 6.42 Å². The number of hydrogen-bond donors (Lipinski definition) is 0. The van der Waals surface area contributed by atoms with Gasteiger partial charge in [-0.3, -0.25) is 0 Å². The van der Waals surface area contributed by atoms with Crippen LogP contribution in [-0.4, -0.2) is 19.0 Å². The summed E-state index contributed by atoms with van der Waals surface area (Å²) < 4.78 is 14.2. The maximum atomic E-state index is 14.2. The van der Waals surface area contributed by atoms with Gasteiger partial charge in [0.15, 0.2) is 0 Å². The Labute approximate surface area is 97.3 Å². The molecule has 0 saturated heterocycles. The second-order valence-corrected chi connectivity index (χ2v) is 5.21. The number of rotatable bonds is 2. The van der Waals surface area contributed by atoms with Crippen molar-refractivity contribution in [3.05, 3.63) is 34.6 Å². The third kappa shape index (κ3) is 1.75. The Bertz CT molecular complexity index is 396. The topological polar surface area (TPSA) is 3.24 Å². The molecule has 0 spiro atoms. The van der Waals surface area contributed by atoms with Crippen LogP contribution in [0.4, 0.5) is 4.39 Å². The minimum atomic E-state index is 0.0388. The summed E-state index contributed by atoms with van der Waals surface area (Å²) in [4.78, 5) is 2.18. The Morgan fingerprint density at radius 2 is 2.00 bits per heavy atom. The first-order chi connectivity index (χ1) is 7.52. The van der Waals surface area contributed by atoms with Crippen molar-refractivity contribution >= 4 is 0 Å². The average molecular weight is 221 g/mol. The predicted octanol–water partition coefficient (Wildman–Crippen LogP) is 3.50. The molecule has 1 aliphatic rings. The maximum absolute atomic E-state index is 14.2. The summed E-state index contributed by atoms with van der Waals surface area (Å²) in [5, 5.41) is 0. The van der Waals surface area contributed by atoms with Gasteiger partial charge in [0.25, 0.3) is 0 Å². The van der Waals surface area contributed by atoms with Crippen molar-refractivity contribution in [1.82, 2.24) is 4.90 Å². The smallest absolute Gasteiger partial charge is 0.130 e. The highest BCUT2D eigenvalue weighted by Crippen LogP contribution is 2.37. The van der Waals surface area contributed by atoms with Crippen LogP contribution in [0, 0.1) is 5.82 Å². The van der Waals surface area contributed by atoms with E-state index in [1.54, 1.807) is 0 Å². The Morgan fingerprint density at radius 3 is 2.56 bits per heavy atom. The Balaban J connectivity index is 2.46. The van der Waals surface area contributed by atoms with E-state index in [0.29, 0.717) is 6.04 Å². The second kappa shape index (κ2) is 4.17. The van der Waals surface area contributed by atoms with E-state index in [1.807, 2.05) is 19.9 Å². The van der Waals surface area contributed by atoms with Crippen molar-refractivity contribution in [3.8, 4) is 0 Å². The van der Waals surface area contributed by atoms with E-state index in [0.717, 1.165) is 24.0 Å². The van der Waals surface area contributed by atoms with Crippen molar-refractivity contribution in [3.63, 3.8) is 0 Å². The van der Waals surface area contributed by atoms with Crippen LogP contribution in [0.1, 0.15) is 48.9 Å². The lowest BCUT2D eigenvalue weighted by Crippen LogP contribution is -2.17. The van der Waals surface area contributed by atoms with Gasteiger partial charge >= 0.3 is 0 Å². The van der Waals surface area contributed by atoms with Gasteiger partial charge in [-0.05, 0) is 49.5 Å². The van der Waals surface area contributed by atoms with Crippen molar-refractivity contribution in [2.24, 2.45) is 0 Å². The third-order valence-corrected chi connectivity index (χ3v) is 3.58. The number of fused-ring (bicyclic) bond motifs is 1. The predicted molar refractivity (Wildman–Crippen MR) is 65.2 cm³/mol. The Morgan fingerprint density at radius 1 is 1.31 bits per heavy atom. The number of halogens is 1.